The second-order valence-electron chi connectivity index (χ2n) is 15.8. The van der Waals surface area contributed by atoms with Crippen LogP contribution in [0.3, 0.4) is 0 Å². The topological polar surface area (TPSA) is 32.3 Å². The molecule has 12 rings (SSSR count). The summed E-state index contributed by atoms with van der Waals surface area (Å²) in [5.74, 6) is 0. The van der Waals surface area contributed by atoms with Crippen LogP contribution in [-0.4, -0.2) is 9.97 Å². The Morgan fingerprint density at radius 2 is 0.625 bits per heavy atom. The van der Waals surface area contributed by atoms with E-state index in [1.54, 1.807) is 22.7 Å². The molecule has 4 nitrogen and oxygen atoms in total. The Balaban J connectivity index is 0.896. The molecule has 2 heterocycles. The Labute approximate surface area is 379 Å². The zero-order valence-electron chi connectivity index (χ0n) is 34.5. The smallest absolute Gasteiger partial charge is 0.124 e. The number of thiazole rings is 2. The van der Waals surface area contributed by atoms with Crippen LogP contribution in [0.4, 0.5) is 34.1 Å². The van der Waals surface area contributed by atoms with Gasteiger partial charge in [-0.1, -0.05) is 121 Å². The molecule has 0 amide bonds. The molecule has 0 saturated heterocycles. The molecule has 12 aromatic rings. The third-order valence-corrected chi connectivity index (χ3v) is 14.1. The highest BCUT2D eigenvalue weighted by Crippen LogP contribution is 2.44. The molecule has 10 aromatic carbocycles. The summed E-state index contributed by atoms with van der Waals surface area (Å²) >= 11 is 3.45. The minimum absolute atomic E-state index is 1.02. The van der Waals surface area contributed by atoms with Crippen molar-refractivity contribution in [1.82, 2.24) is 9.97 Å². The maximum atomic E-state index is 4.93. The van der Waals surface area contributed by atoms with Crippen molar-refractivity contribution in [2.75, 3.05) is 9.80 Å². The van der Waals surface area contributed by atoms with Crippen molar-refractivity contribution < 1.29 is 0 Å². The van der Waals surface area contributed by atoms with Crippen molar-refractivity contribution in [2.24, 2.45) is 0 Å². The second kappa shape index (κ2) is 16.1. The minimum atomic E-state index is 1.02. The van der Waals surface area contributed by atoms with E-state index in [9.17, 15) is 0 Å². The first-order chi connectivity index (χ1) is 31.7. The number of nitrogens with zero attached hydrogens (tertiary/aromatic N) is 4. The van der Waals surface area contributed by atoms with Gasteiger partial charge in [-0.3, -0.25) is 0 Å². The lowest BCUT2D eigenvalue weighted by molar-refractivity contribution is 1.28. The van der Waals surface area contributed by atoms with Gasteiger partial charge in [0.25, 0.3) is 0 Å². The van der Waals surface area contributed by atoms with E-state index in [-0.39, 0.29) is 0 Å². The molecule has 0 aliphatic heterocycles. The summed E-state index contributed by atoms with van der Waals surface area (Å²) in [4.78, 5) is 14.6. The molecule has 0 spiro atoms. The van der Waals surface area contributed by atoms with Crippen LogP contribution in [-0.2, 0) is 0 Å². The monoisotopic (exact) mass is 854 g/mol. The van der Waals surface area contributed by atoms with Crippen LogP contribution in [0.2, 0.25) is 0 Å². The maximum Gasteiger partial charge on any atom is 0.124 e. The number of hydrogen-bond donors (Lipinski definition) is 0. The fourth-order valence-corrected chi connectivity index (χ4v) is 10.7. The van der Waals surface area contributed by atoms with Crippen LogP contribution < -0.4 is 9.80 Å². The van der Waals surface area contributed by atoms with E-state index in [0.717, 1.165) is 77.4 Å². The third kappa shape index (κ3) is 6.95. The molecule has 6 heteroatoms. The molecule has 2 aromatic heterocycles. The third-order valence-electron chi connectivity index (χ3n) is 11.9. The molecule has 0 radical (unpaired) electrons. The number of anilines is 6. The van der Waals surface area contributed by atoms with Gasteiger partial charge < -0.3 is 9.80 Å². The lowest BCUT2D eigenvalue weighted by Gasteiger charge is -2.28. The Hall–Kier alpha value is -7.90. The summed E-state index contributed by atoms with van der Waals surface area (Å²) in [6.45, 7) is 0. The number of rotatable bonds is 9. The number of benzene rings is 10. The summed E-state index contributed by atoms with van der Waals surface area (Å²) < 4.78 is 2.39. The summed E-state index contributed by atoms with van der Waals surface area (Å²) in [5, 5.41) is 6.88. The van der Waals surface area contributed by atoms with Gasteiger partial charge in [0.1, 0.15) is 10.0 Å². The van der Waals surface area contributed by atoms with Gasteiger partial charge in [-0.15, -0.1) is 22.7 Å². The number of hydrogen-bond acceptors (Lipinski definition) is 6. The fraction of sp³-hybridized carbons (Fsp3) is 0. The average molecular weight is 855 g/mol. The summed E-state index contributed by atoms with van der Waals surface area (Å²) in [7, 11) is 0. The molecule has 0 N–H and O–H groups in total. The maximum absolute atomic E-state index is 4.93. The molecule has 0 aliphatic rings. The van der Waals surface area contributed by atoms with Crippen LogP contribution in [0.1, 0.15) is 0 Å². The predicted octanol–water partition coefficient (Wildman–Crippen LogP) is 17.2. The van der Waals surface area contributed by atoms with E-state index in [2.05, 4.69) is 228 Å². The first-order valence-corrected chi connectivity index (χ1v) is 23.0. The normalized spacial score (nSPS) is 11.4. The number of fused-ring (bicyclic) bond motifs is 4. The summed E-state index contributed by atoms with van der Waals surface area (Å²) in [6, 6.07) is 82.5. The van der Waals surface area contributed by atoms with Crippen LogP contribution in [0.15, 0.2) is 231 Å². The van der Waals surface area contributed by atoms with Gasteiger partial charge in [-0.2, -0.15) is 0 Å². The first kappa shape index (κ1) is 37.8. The van der Waals surface area contributed by atoms with Crippen molar-refractivity contribution in [3.8, 4) is 32.3 Å². The Morgan fingerprint density at radius 3 is 1.05 bits per heavy atom. The van der Waals surface area contributed by atoms with Crippen molar-refractivity contribution in [3.05, 3.63) is 231 Å². The van der Waals surface area contributed by atoms with E-state index in [1.807, 2.05) is 12.1 Å². The molecule has 0 fully saturated rings. The highest BCUT2D eigenvalue weighted by atomic mass is 32.1. The van der Waals surface area contributed by atoms with Crippen LogP contribution in [0.5, 0.6) is 0 Å². The van der Waals surface area contributed by atoms with E-state index in [4.69, 9.17) is 9.97 Å². The van der Waals surface area contributed by atoms with Crippen LogP contribution in [0.25, 0.3) is 74.2 Å². The summed E-state index contributed by atoms with van der Waals surface area (Å²) in [5.41, 5.74) is 13.2. The van der Waals surface area contributed by atoms with E-state index in [1.165, 1.54) is 30.9 Å². The van der Waals surface area contributed by atoms with Crippen LogP contribution >= 0.6 is 22.7 Å². The lowest BCUT2D eigenvalue weighted by Crippen LogP contribution is -2.11. The van der Waals surface area contributed by atoms with E-state index >= 15 is 0 Å². The Bertz CT molecular complexity index is 3340. The second-order valence-corrected chi connectivity index (χ2v) is 17.9. The minimum Gasteiger partial charge on any atom is -0.311 e. The molecule has 302 valence electrons. The zero-order chi connectivity index (χ0) is 42.4. The van der Waals surface area contributed by atoms with Crippen molar-refractivity contribution in [3.63, 3.8) is 0 Å². The van der Waals surface area contributed by atoms with E-state index in [0.29, 0.717) is 0 Å². The highest BCUT2D eigenvalue weighted by Gasteiger charge is 2.19. The molecule has 0 aliphatic carbocycles. The lowest BCUT2D eigenvalue weighted by atomic mass is 10.0. The van der Waals surface area contributed by atoms with Gasteiger partial charge in [0.2, 0.25) is 0 Å². The molecule has 0 saturated carbocycles. The van der Waals surface area contributed by atoms with Crippen molar-refractivity contribution >= 4 is 98.8 Å². The van der Waals surface area contributed by atoms with Gasteiger partial charge >= 0.3 is 0 Å². The standard InChI is InChI=1S/C58H38N4S2/c1-3-15-49-41(11-1)13-9-19-53(49)62(54-20-10-14-42-12-2-4-16-50(42)54)48-33-25-40(26-34-48)39-23-31-45(32-24-39)61(46-35-27-43(28-36-46)57-59-51-17-5-7-21-55(51)63-57)47-37-29-44(30-38-47)58-60-52-18-6-8-22-56(52)64-58/h1-38H. The van der Waals surface area contributed by atoms with E-state index < -0.39 is 0 Å². The molecule has 64 heavy (non-hydrogen) atoms. The highest BCUT2D eigenvalue weighted by molar-refractivity contribution is 7.22. The van der Waals surface area contributed by atoms with Gasteiger partial charge in [0, 0.05) is 44.6 Å². The largest absolute Gasteiger partial charge is 0.311 e. The Kier molecular flexibility index (Phi) is 9.51. The SMILES string of the molecule is c1ccc2c(N(c3ccc(-c4ccc(N(c5ccc(-c6nc7ccccc7s6)cc5)c5ccc(-c6nc7ccccc7s6)cc5)cc4)cc3)c3cccc4ccccc34)cccc2c1. The zero-order valence-corrected chi connectivity index (χ0v) is 36.2. The van der Waals surface area contributed by atoms with Gasteiger partial charge in [-0.05, 0) is 131 Å². The number of para-hydroxylation sites is 2. The molecule has 0 unspecified atom stereocenters. The van der Waals surface area contributed by atoms with Crippen molar-refractivity contribution in [1.29, 1.82) is 0 Å². The van der Waals surface area contributed by atoms with Crippen LogP contribution in [0, 0.1) is 0 Å². The Morgan fingerprint density at radius 1 is 0.281 bits per heavy atom. The van der Waals surface area contributed by atoms with Gasteiger partial charge in [0.05, 0.1) is 31.8 Å². The summed E-state index contributed by atoms with van der Waals surface area (Å²) in [6.07, 6.45) is 0. The van der Waals surface area contributed by atoms with Gasteiger partial charge in [-0.25, -0.2) is 9.97 Å². The molecule has 0 atom stereocenters. The fourth-order valence-electron chi connectivity index (χ4n) is 8.77. The number of aromatic nitrogens is 2. The van der Waals surface area contributed by atoms with Crippen molar-refractivity contribution in [2.45, 2.75) is 0 Å². The first-order valence-electron chi connectivity index (χ1n) is 21.4. The molecular formula is C58H38N4S2. The molecule has 0 bridgehead atoms. The average Bonchev–Trinajstić information content (AvgIpc) is 4.01. The predicted molar refractivity (Wildman–Crippen MR) is 273 cm³/mol. The molecular weight excluding hydrogens is 817 g/mol. The quantitative estimate of drug-likeness (QED) is 0.145. The van der Waals surface area contributed by atoms with Gasteiger partial charge in [0.15, 0.2) is 0 Å².